The van der Waals surface area contributed by atoms with Crippen LogP contribution < -0.4 is 4.74 Å². The van der Waals surface area contributed by atoms with Crippen molar-refractivity contribution >= 4 is 11.8 Å². The van der Waals surface area contributed by atoms with Crippen LogP contribution in [0, 0.1) is 6.92 Å². The van der Waals surface area contributed by atoms with Gasteiger partial charge in [-0.1, -0.05) is 66.7 Å². The fourth-order valence-electron chi connectivity index (χ4n) is 3.51. The molecule has 0 radical (unpaired) electrons. The lowest BCUT2D eigenvalue weighted by Gasteiger charge is -2.23. The van der Waals surface area contributed by atoms with Crippen LogP contribution in [0.4, 0.5) is 0 Å². The molecule has 0 saturated carbocycles. The van der Waals surface area contributed by atoms with E-state index in [1.165, 1.54) is 16.7 Å². The summed E-state index contributed by atoms with van der Waals surface area (Å²) in [5, 5.41) is 10.1. The van der Waals surface area contributed by atoms with E-state index in [1.54, 1.807) is 18.9 Å². The fourth-order valence-corrected chi connectivity index (χ4v) is 4.43. The molecule has 6 heteroatoms. The monoisotopic (exact) mass is 410 g/mol. The highest BCUT2D eigenvalue weighted by Gasteiger charge is 2.22. The molecule has 3 rings (SSSR count). The summed E-state index contributed by atoms with van der Waals surface area (Å²) in [6.45, 7) is 5.06. The Hall–Kier alpha value is -2.31. The molecular weight excluding hydrogens is 380 g/mol. The van der Waals surface area contributed by atoms with E-state index >= 15 is 0 Å². The van der Waals surface area contributed by atoms with Gasteiger partial charge in [0.05, 0.1) is 19.7 Å². The largest absolute Gasteiger partial charge is 0.496 e. The van der Waals surface area contributed by atoms with Gasteiger partial charge in [-0.3, -0.25) is 4.90 Å². The second kappa shape index (κ2) is 9.94. The molecule has 3 aromatic rings. The summed E-state index contributed by atoms with van der Waals surface area (Å²) in [7, 11) is 5.91. The number of nitrogens with zero attached hydrogens (tertiary/aromatic N) is 4. The van der Waals surface area contributed by atoms with Gasteiger partial charge in [0.25, 0.3) is 0 Å². The highest BCUT2D eigenvalue weighted by molar-refractivity contribution is 7.98. The second-order valence-corrected chi connectivity index (χ2v) is 8.35. The van der Waals surface area contributed by atoms with Crippen molar-refractivity contribution in [2.24, 2.45) is 0 Å². The number of thioether (sulfide) groups is 1. The van der Waals surface area contributed by atoms with Crippen LogP contribution in [0.15, 0.2) is 53.7 Å². The minimum atomic E-state index is 0.231. The van der Waals surface area contributed by atoms with Crippen molar-refractivity contribution in [3.63, 3.8) is 0 Å². The number of aromatic nitrogens is 3. The third kappa shape index (κ3) is 5.19. The third-order valence-electron chi connectivity index (χ3n) is 5.03. The summed E-state index contributed by atoms with van der Waals surface area (Å²) in [5.41, 5.74) is 3.65. The zero-order chi connectivity index (χ0) is 20.8. The third-order valence-corrected chi connectivity index (χ3v) is 6.05. The van der Waals surface area contributed by atoms with Gasteiger partial charge in [0, 0.05) is 11.3 Å². The number of benzene rings is 2. The van der Waals surface area contributed by atoms with E-state index in [4.69, 9.17) is 4.74 Å². The Morgan fingerprint density at radius 3 is 2.52 bits per heavy atom. The lowest BCUT2D eigenvalue weighted by Crippen LogP contribution is -2.23. The first-order valence-electron chi connectivity index (χ1n) is 9.93. The van der Waals surface area contributed by atoms with Crippen LogP contribution in [0.1, 0.15) is 41.9 Å². The molecule has 29 heavy (non-hydrogen) atoms. The van der Waals surface area contributed by atoms with E-state index in [9.17, 15) is 0 Å². The van der Waals surface area contributed by atoms with Gasteiger partial charge in [-0.05, 0) is 39.1 Å². The van der Waals surface area contributed by atoms with Crippen LogP contribution in [0.5, 0.6) is 5.75 Å². The average Bonchev–Trinajstić information content (AvgIpc) is 3.10. The van der Waals surface area contributed by atoms with Gasteiger partial charge >= 0.3 is 0 Å². The molecule has 0 unspecified atom stereocenters. The topological polar surface area (TPSA) is 43.2 Å². The molecule has 5 nitrogen and oxygen atoms in total. The Kier molecular flexibility index (Phi) is 7.34. The van der Waals surface area contributed by atoms with Crippen molar-refractivity contribution in [3.05, 3.63) is 71.0 Å². The van der Waals surface area contributed by atoms with Crippen LogP contribution in [-0.2, 0) is 12.3 Å². The maximum absolute atomic E-state index is 5.54. The Morgan fingerprint density at radius 1 is 1.10 bits per heavy atom. The molecule has 0 amide bonds. The number of hydrogen-bond donors (Lipinski definition) is 0. The molecule has 0 saturated heterocycles. The summed E-state index contributed by atoms with van der Waals surface area (Å²) in [6, 6.07) is 17.0. The van der Waals surface area contributed by atoms with E-state index in [2.05, 4.69) is 84.0 Å². The minimum absolute atomic E-state index is 0.231. The van der Waals surface area contributed by atoms with Crippen molar-refractivity contribution in [2.75, 3.05) is 21.2 Å². The quantitative estimate of drug-likeness (QED) is 0.467. The van der Waals surface area contributed by atoms with Gasteiger partial charge in [-0.25, -0.2) is 0 Å². The maximum atomic E-state index is 5.54. The summed E-state index contributed by atoms with van der Waals surface area (Å²) in [5.74, 6) is 2.72. The zero-order valence-electron chi connectivity index (χ0n) is 17.9. The van der Waals surface area contributed by atoms with Crippen molar-refractivity contribution < 1.29 is 4.74 Å². The first-order valence-corrected chi connectivity index (χ1v) is 10.9. The molecule has 0 bridgehead atoms. The van der Waals surface area contributed by atoms with Crippen molar-refractivity contribution in [3.8, 4) is 5.75 Å². The zero-order valence-corrected chi connectivity index (χ0v) is 18.7. The standard InChI is InChI=1S/C23H30N4OS/c1-6-20(26(3)4)22-24-25-23(27(22)15-18-10-8-7-9-11-18)29-16-19-14-17(2)12-13-21(19)28-5/h7-14,20H,6,15-16H2,1-5H3/t20-/m0/s1. The van der Waals surface area contributed by atoms with Crippen LogP contribution in [0.2, 0.25) is 0 Å². The van der Waals surface area contributed by atoms with Gasteiger partial charge in [0.15, 0.2) is 11.0 Å². The maximum Gasteiger partial charge on any atom is 0.191 e. The van der Waals surface area contributed by atoms with E-state index in [1.807, 2.05) is 12.1 Å². The minimum Gasteiger partial charge on any atom is -0.496 e. The molecular formula is C23H30N4OS. The summed E-state index contributed by atoms with van der Waals surface area (Å²) < 4.78 is 7.80. The van der Waals surface area contributed by atoms with E-state index in [-0.39, 0.29) is 6.04 Å². The first-order chi connectivity index (χ1) is 14.0. The SMILES string of the molecule is CC[C@@H](c1nnc(SCc2cc(C)ccc2OC)n1Cc1ccccc1)N(C)C. The lowest BCUT2D eigenvalue weighted by atomic mass is 10.1. The Bertz CT molecular complexity index is 924. The molecule has 0 aliphatic heterocycles. The van der Waals surface area contributed by atoms with E-state index in [0.717, 1.165) is 35.4 Å². The van der Waals surface area contributed by atoms with Crippen molar-refractivity contribution in [1.29, 1.82) is 0 Å². The molecule has 0 N–H and O–H groups in total. The predicted molar refractivity (Wildman–Crippen MR) is 120 cm³/mol. The number of ether oxygens (including phenoxy) is 1. The summed E-state index contributed by atoms with van der Waals surface area (Å²) in [4.78, 5) is 2.21. The van der Waals surface area contributed by atoms with Crippen LogP contribution in [-0.4, -0.2) is 40.9 Å². The number of rotatable bonds is 9. The molecule has 154 valence electrons. The van der Waals surface area contributed by atoms with E-state index < -0.39 is 0 Å². The number of aryl methyl sites for hydroxylation is 1. The molecule has 0 fully saturated rings. The molecule has 1 atom stereocenters. The first kappa shape index (κ1) is 21.4. The second-order valence-electron chi connectivity index (χ2n) is 7.40. The van der Waals surface area contributed by atoms with Crippen molar-refractivity contribution in [1.82, 2.24) is 19.7 Å². The summed E-state index contributed by atoms with van der Waals surface area (Å²) in [6.07, 6.45) is 0.982. The fraction of sp³-hybridized carbons (Fsp3) is 0.391. The van der Waals surface area contributed by atoms with Gasteiger partial charge < -0.3 is 9.30 Å². The molecule has 0 spiro atoms. The predicted octanol–water partition coefficient (Wildman–Crippen LogP) is 4.95. The summed E-state index contributed by atoms with van der Waals surface area (Å²) >= 11 is 1.71. The highest BCUT2D eigenvalue weighted by atomic mass is 32.2. The van der Waals surface area contributed by atoms with Gasteiger partial charge in [-0.2, -0.15) is 0 Å². The van der Waals surface area contributed by atoms with Gasteiger partial charge in [0.1, 0.15) is 5.75 Å². The van der Waals surface area contributed by atoms with E-state index in [0.29, 0.717) is 0 Å². The molecule has 0 aliphatic rings. The molecule has 0 aliphatic carbocycles. The molecule has 1 heterocycles. The smallest absolute Gasteiger partial charge is 0.191 e. The number of hydrogen-bond acceptors (Lipinski definition) is 5. The van der Waals surface area contributed by atoms with Crippen LogP contribution >= 0.6 is 11.8 Å². The highest BCUT2D eigenvalue weighted by Crippen LogP contribution is 2.31. The lowest BCUT2D eigenvalue weighted by molar-refractivity contribution is 0.272. The van der Waals surface area contributed by atoms with Crippen LogP contribution in [0.3, 0.4) is 0 Å². The van der Waals surface area contributed by atoms with Gasteiger partial charge in [-0.15, -0.1) is 10.2 Å². The van der Waals surface area contributed by atoms with Gasteiger partial charge in [0.2, 0.25) is 0 Å². The molecule has 1 aromatic heterocycles. The average molecular weight is 411 g/mol. The Morgan fingerprint density at radius 2 is 1.86 bits per heavy atom. The molecule has 2 aromatic carbocycles. The Balaban J connectivity index is 1.91. The number of methoxy groups -OCH3 is 1. The Labute approximate surface area is 178 Å². The van der Waals surface area contributed by atoms with Crippen molar-refractivity contribution in [2.45, 2.75) is 43.8 Å². The van der Waals surface area contributed by atoms with Crippen LogP contribution in [0.25, 0.3) is 0 Å². The normalized spacial score (nSPS) is 12.3.